The minimum atomic E-state index is -4.31. The molecule has 0 rings (SSSR count). The van der Waals surface area contributed by atoms with Crippen molar-refractivity contribution >= 4 is 13.7 Å². The SMILES string of the molecule is CCCCCCCCCCCCCCCCCCCCCCCCCCCCCC(=O)N[C@@H](COP(=O)(O)OCCN)[C@H](O)CCCCCCCCCCCCC. The fourth-order valence-electron chi connectivity index (χ4n) is 7.90. The summed E-state index contributed by atoms with van der Waals surface area (Å²) in [5, 5.41) is 13.8. The first-order valence-corrected chi connectivity index (χ1v) is 26.6. The molecule has 0 aromatic rings. The van der Waals surface area contributed by atoms with Crippen molar-refractivity contribution < 1.29 is 28.4 Å². The van der Waals surface area contributed by atoms with E-state index in [4.69, 9.17) is 14.8 Å². The Morgan fingerprint density at radius 3 is 1.12 bits per heavy atom. The van der Waals surface area contributed by atoms with E-state index < -0.39 is 20.0 Å². The molecule has 0 heterocycles. The Hall–Kier alpha value is -0.500. The van der Waals surface area contributed by atoms with Gasteiger partial charge in [-0.25, -0.2) is 4.57 Å². The minimum absolute atomic E-state index is 0.0925. The molecule has 3 atom stereocenters. The van der Waals surface area contributed by atoms with E-state index in [9.17, 15) is 19.4 Å². The highest BCUT2D eigenvalue weighted by molar-refractivity contribution is 7.47. The predicted molar refractivity (Wildman–Crippen MR) is 245 cm³/mol. The number of aliphatic hydroxyl groups is 1. The van der Waals surface area contributed by atoms with E-state index >= 15 is 0 Å². The molecule has 0 bridgehead atoms. The van der Waals surface area contributed by atoms with Crippen LogP contribution in [0.4, 0.5) is 0 Å². The number of carbonyl (C=O) groups is 1. The van der Waals surface area contributed by atoms with Gasteiger partial charge < -0.3 is 21.1 Å². The first-order chi connectivity index (χ1) is 27.9. The van der Waals surface area contributed by atoms with Gasteiger partial charge in [-0.1, -0.05) is 251 Å². The second-order valence-corrected chi connectivity index (χ2v) is 18.8. The molecule has 0 aliphatic rings. The van der Waals surface area contributed by atoms with Crippen LogP contribution in [0.3, 0.4) is 0 Å². The zero-order valence-corrected chi connectivity index (χ0v) is 39.0. The van der Waals surface area contributed by atoms with Gasteiger partial charge in [-0.3, -0.25) is 13.8 Å². The molecule has 8 nitrogen and oxygen atoms in total. The Labute approximate surface area is 354 Å². The van der Waals surface area contributed by atoms with Gasteiger partial charge in [0.15, 0.2) is 0 Å². The second kappa shape index (κ2) is 45.0. The zero-order chi connectivity index (χ0) is 41.8. The number of hydrogen-bond acceptors (Lipinski definition) is 6. The van der Waals surface area contributed by atoms with Gasteiger partial charge in [-0.05, 0) is 12.8 Å². The maximum atomic E-state index is 12.8. The molecule has 0 spiro atoms. The Morgan fingerprint density at radius 2 is 0.807 bits per heavy atom. The average molecular weight is 831 g/mol. The Bertz CT molecular complexity index is 865. The molecule has 0 aromatic carbocycles. The van der Waals surface area contributed by atoms with Crippen molar-refractivity contribution in [3.05, 3.63) is 0 Å². The van der Waals surface area contributed by atoms with Gasteiger partial charge in [0.25, 0.3) is 0 Å². The first-order valence-electron chi connectivity index (χ1n) is 25.2. The standard InChI is InChI=1S/C48H99N2O6P/c1-3-5-7-9-11-13-15-16-17-18-19-20-21-22-23-24-25-26-27-28-29-30-32-34-36-38-40-42-48(52)50-46(45-56-57(53,54)55-44-43-49)47(51)41-39-37-35-33-31-14-12-10-8-6-4-2/h46-47,51H,3-45,49H2,1-2H3,(H,50,52)(H,53,54)/t46-,47+/m0/s1. The van der Waals surface area contributed by atoms with E-state index in [1.54, 1.807) is 0 Å². The second-order valence-electron chi connectivity index (χ2n) is 17.4. The molecule has 57 heavy (non-hydrogen) atoms. The summed E-state index contributed by atoms with van der Waals surface area (Å²) in [5.41, 5.74) is 5.38. The fraction of sp³-hybridized carbons (Fsp3) is 0.979. The monoisotopic (exact) mass is 831 g/mol. The van der Waals surface area contributed by atoms with Crippen LogP contribution >= 0.6 is 7.82 Å². The predicted octanol–water partition coefficient (Wildman–Crippen LogP) is 14.6. The number of phosphoric ester groups is 1. The highest BCUT2D eigenvalue weighted by atomic mass is 31.2. The van der Waals surface area contributed by atoms with Crippen LogP contribution in [0.15, 0.2) is 0 Å². The van der Waals surface area contributed by atoms with Crippen molar-refractivity contribution in [2.45, 2.75) is 283 Å². The lowest BCUT2D eigenvalue weighted by Gasteiger charge is -2.25. The van der Waals surface area contributed by atoms with Crippen LogP contribution in [0.1, 0.15) is 271 Å². The molecule has 0 aliphatic carbocycles. The van der Waals surface area contributed by atoms with Crippen molar-refractivity contribution in [2.75, 3.05) is 19.8 Å². The molecule has 1 unspecified atom stereocenters. The summed E-state index contributed by atoms with van der Waals surface area (Å²) >= 11 is 0. The van der Waals surface area contributed by atoms with Crippen molar-refractivity contribution in [3.8, 4) is 0 Å². The zero-order valence-electron chi connectivity index (χ0n) is 38.1. The Kier molecular flexibility index (Phi) is 44.6. The fourth-order valence-corrected chi connectivity index (χ4v) is 8.66. The average Bonchev–Trinajstić information content (AvgIpc) is 3.20. The molecule has 0 aliphatic heterocycles. The third-order valence-electron chi connectivity index (χ3n) is 11.7. The summed E-state index contributed by atoms with van der Waals surface area (Å²) in [6, 6.07) is -0.767. The van der Waals surface area contributed by atoms with Gasteiger partial charge in [0.05, 0.1) is 25.4 Å². The number of phosphoric acid groups is 1. The van der Waals surface area contributed by atoms with E-state index in [2.05, 4.69) is 19.2 Å². The van der Waals surface area contributed by atoms with E-state index in [-0.39, 0.29) is 25.7 Å². The van der Waals surface area contributed by atoms with E-state index in [0.29, 0.717) is 12.8 Å². The third kappa shape index (κ3) is 43.4. The molecule has 0 aromatic heterocycles. The number of nitrogens with one attached hydrogen (secondary N) is 1. The maximum Gasteiger partial charge on any atom is 0.472 e. The van der Waals surface area contributed by atoms with Crippen LogP contribution < -0.4 is 11.1 Å². The summed E-state index contributed by atoms with van der Waals surface area (Å²) in [6.07, 6.45) is 50.0. The molecular formula is C48H99N2O6P. The van der Waals surface area contributed by atoms with Crippen LogP contribution in [0, 0.1) is 0 Å². The van der Waals surface area contributed by atoms with Gasteiger partial charge in [-0.15, -0.1) is 0 Å². The summed E-state index contributed by atoms with van der Waals surface area (Å²) in [5.74, 6) is -0.156. The first kappa shape index (κ1) is 56.5. The molecule has 9 heteroatoms. The number of hydrogen-bond donors (Lipinski definition) is 4. The smallest absolute Gasteiger partial charge is 0.391 e. The van der Waals surface area contributed by atoms with Crippen LogP contribution in [0.5, 0.6) is 0 Å². The quantitative estimate of drug-likeness (QED) is 0.0355. The Balaban J connectivity index is 3.86. The molecule has 0 saturated carbocycles. The molecular weight excluding hydrogens is 732 g/mol. The molecule has 0 saturated heterocycles. The van der Waals surface area contributed by atoms with Crippen molar-refractivity contribution in [3.63, 3.8) is 0 Å². The number of unbranched alkanes of at least 4 members (excludes halogenated alkanes) is 36. The lowest BCUT2D eigenvalue weighted by molar-refractivity contribution is -0.123. The van der Waals surface area contributed by atoms with Crippen LogP contribution in [0.25, 0.3) is 0 Å². The Morgan fingerprint density at radius 1 is 0.509 bits per heavy atom. The number of amides is 1. The van der Waals surface area contributed by atoms with Crippen LogP contribution in [-0.4, -0.2) is 47.8 Å². The van der Waals surface area contributed by atoms with E-state index in [1.807, 2.05) is 0 Å². The minimum Gasteiger partial charge on any atom is -0.391 e. The molecule has 1 amide bonds. The van der Waals surface area contributed by atoms with Gasteiger partial charge >= 0.3 is 7.82 Å². The lowest BCUT2D eigenvalue weighted by Crippen LogP contribution is -2.46. The molecule has 0 radical (unpaired) electrons. The lowest BCUT2D eigenvalue weighted by atomic mass is 10.0. The van der Waals surface area contributed by atoms with Crippen molar-refractivity contribution in [1.82, 2.24) is 5.32 Å². The van der Waals surface area contributed by atoms with E-state index in [0.717, 1.165) is 38.5 Å². The van der Waals surface area contributed by atoms with Gasteiger partial charge in [0.1, 0.15) is 0 Å². The highest BCUT2D eigenvalue weighted by Gasteiger charge is 2.27. The summed E-state index contributed by atoms with van der Waals surface area (Å²) in [7, 11) is -4.31. The largest absolute Gasteiger partial charge is 0.472 e. The summed E-state index contributed by atoms with van der Waals surface area (Å²) in [6.45, 7) is 4.24. The number of aliphatic hydroxyl groups excluding tert-OH is 1. The van der Waals surface area contributed by atoms with Crippen LogP contribution in [-0.2, 0) is 18.4 Å². The number of nitrogens with two attached hydrogens (primary N) is 1. The van der Waals surface area contributed by atoms with Gasteiger partial charge in [-0.2, -0.15) is 0 Å². The van der Waals surface area contributed by atoms with Crippen molar-refractivity contribution in [2.24, 2.45) is 5.73 Å². The maximum absolute atomic E-state index is 12.8. The summed E-state index contributed by atoms with van der Waals surface area (Å²) < 4.78 is 22.2. The summed E-state index contributed by atoms with van der Waals surface area (Å²) in [4.78, 5) is 22.8. The molecule has 342 valence electrons. The van der Waals surface area contributed by atoms with Gasteiger partial charge in [0, 0.05) is 13.0 Å². The molecule has 5 N–H and O–H groups in total. The topological polar surface area (TPSA) is 131 Å². The van der Waals surface area contributed by atoms with Crippen molar-refractivity contribution in [1.29, 1.82) is 0 Å². The highest BCUT2D eigenvalue weighted by Crippen LogP contribution is 2.43. The van der Waals surface area contributed by atoms with Crippen LogP contribution in [0.2, 0.25) is 0 Å². The third-order valence-corrected chi connectivity index (χ3v) is 12.7. The number of carbonyl (C=O) groups excluding carboxylic acids is 1. The number of rotatable bonds is 48. The molecule has 0 fully saturated rings. The van der Waals surface area contributed by atoms with E-state index in [1.165, 1.54) is 205 Å². The normalized spacial score (nSPS) is 13.8. The van der Waals surface area contributed by atoms with Gasteiger partial charge in [0.2, 0.25) is 5.91 Å².